The summed E-state index contributed by atoms with van der Waals surface area (Å²) in [6.07, 6.45) is 0.177. The van der Waals surface area contributed by atoms with Crippen molar-refractivity contribution in [3.05, 3.63) is 71.9 Å². The van der Waals surface area contributed by atoms with Gasteiger partial charge in [0.25, 0.3) is 0 Å². The number of nitrogens with two attached hydrogens (primary N) is 4. The van der Waals surface area contributed by atoms with Gasteiger partial charge in [0.2, 0.25) is 59.1 Å². The van der Waals surface area contributed by atoms with E-state index in [-0.39, 0.29) is 102 Å². The third-order valence-corrected chi connectivity index (χ3v) is 12.2. The highest BCUT2D eigenvalue weighted by atomic mass is 16.2. The molecular weight excluding hydrogens is 987 g/mol. The number of fused-ring (bicyclic) bond motifs is 1. The smallest absolute Gasteiger partial charge is 0.243 e. The second-order valence-corrected chi connectivity index (χ2v) is 18.3. The molecule has 76 heavy (non-hydrogen) atoms. The lowest BCUT2D eigenvalue weighted by Crippen LogP contribution is -2.60. The molecule has 0 aliphatic carbocycles. The van der Waals surface area contributed by atoms with Crippen LogP contribution in [0, 0.1) is 10.8 Å². The Labute approximate surface area is 438 Å². The van der Waals surface area contributed by atoms with Gasteiger partial charge in [-0.2, -0.15) is 0 Å². The molecule has 3 aromatic rings. The quantitative estimate of drug-likeness (QED) is 0.0313. The lowest BCUT2D eigenvalue weighted by Gasteiger charge is -2.28. The van der Waals surface area contributed by atoms with Gasteiger partial charge >= 0.3 is 0 Å². The number of carbonyl (C=O) groups excluding carboxylic acids is 10. The molecular formula is C49H71N17O10. The molecule has 27 heteroatoms. The molecule has 1 saturated heterocycles. The molecule has 0 bridgehead atoms. The highest BCUT2D eigenvalue weighted by Crippen LogP contribution is 2.20. The van der Waals surface area contributed by atoms with Gasteiger partial charge in [0.15, 0.2) is 11.9 Å². The van der Waals surface area contributed by atoms with E-state index in [1.54, 1.807) is 54.7 Å². The minimum absolute atomic E-state index is 0.0338. The number of rotatable bonds is 19. The zero-order chi connectivity index (χ0) is 55.7. The molecule has 2 heterocycles. The van der Waals surface area contributed by atoms with Crippen molar-refractivity contribution < 1.29 is 47.9 Å². The molecule has 4 rings (SSSR count). The van der Waals surface area contributed by atoms with Crippen molar-refractivity contribution in [1.29, 1.82) is 10.8 Å². The Hall–Kier alpha value is -8.78. The summed E-state index contributed by atoms with van der Waals surface area (Å²) in [5.74, 6) is -8.90. The standard InChI is InChI=1S/C49H71N17O10/c1-27(67)60-33(14-8-22-57-48(52)53)42(71)62-34-15-7-21-56-40(69)20-18-32(41(51)70)61-47(76)38(25-29-26-59-31-13-6-5-12-30(29)31)66-44(73)35(16-9-23-58-49(54)55)63-46(75)37(24-28-10-3-2-4-11-28)65-45(74)36(64-43(34)72)17-19-39(50)68/h2-6,10-13,26,32-38,59H,7-9,14-25H2,1H3,(H2,50,68)(H2,51,70)(H,56,69)(H,60,67)(H,61,76)(H,62,71)(H,63,75)(H,64,72)(H,65,74)(H,66,73)(H4,52,53,57)(H4,54,55,58)/t32?,33-,34+,35+,36+,37-,38+/m1/s1. The summed E-state index contributed by atoms with van der Waals surface area (Å²) < 4.78 is 0. The Morgan fingerprint density at radius 3 is 1.91 bits per heavy atom. The second kappa shape index (κ2) is 30.4. The number of benzene rings is 2. The highest BCUT2D eigenvalue weighted by Gasteiger charge is 2.35. The number of amides is 10. The summed E-state index contributed by atoms with van der Waals surface area (Å²) >= 11 is 0. The first-order valence-corrected chi connectivity index (χ1v) is 24.9. The monoisotopic (exact) mass is 1060 g/mol. The van der Waals surface area contributed by atoms with Gasteiger partial charge in [-0.3, -0.25) is 58.8 Å². The Balaban J connectivity index is 1.78. The van der Waals surface area contributed by atoms with Crippen LogP contribution in [0.3, 0.4) is 0 Å². The molecule has 1 aromatic heterocycles. The highest BCUT2D eigenvalue weighted by molar-refractivity contribution is 5.98. The maximum absolute atomic E-state index is 14.6. The number of primary amides is 2. The van der Waals surface area contributed by atoms with Crippen molar-refractivity contribution in [3.8, 4) is 0 Å². The van der Waals surface area contributed by atoms with Crippen LogP contribution in [-0.2, 0) is 60.8 Å². The largest absolute Gasteiger partial charge is 0.370 e. The lowest BCUT2D eigenvalue weighted by atomic mass is 10.0. The molecule has 7 atom stereocenters. The minimum atomic E-state index is -1.56. The lowest BCUT2D eigenvalue weighted by molar-refractivity contribution is -0.136. The van der Waals surface area contributed by atoms with Crippen LogP contribution in [0.25, 0.3) is 10.9 Å². The van der Waals surface area contributed by atoms with Crippen molar-refractivity contribution >= 4 is 81.9 Å². The van der Waals surface area contributed by atoms with Gasteiger partial charge in [0.1, 0.15) is 42.3 Å². The molecule has 0 radical (unpaired) electrons. The van der Waals surface area contributed by atoms with Crippen molar-refractivity contribution in [1.82, 2.24) is 58.2 Å². The third-order valence-electron chi connectivity index (χ3n) is 12.2. The molecule has 1 unspecified atom stereocenters. The van der Waals surface area contributed by atoms with E-state index in [9.17, 15) is 47.9 Å². The van der Waals surface area contributed by atoms with Crippen LogP contribution in [0.5, 0.6) is 0 Å². The van der Waals surface area contributed by atoms with Crippen molar-refractivity contribution in [2.75, 3.05) is 19.6 Å². The zero-order valence-corrected chi connectivity index (χ0v) is 42.3. The summed E-state index contributed by atoms with van der Waals surface area (Å²) in [6, 6.07) is 5.83. The van der Waals surface area contributed by atoms with E-state index in [1.165, 1.54) is 6.92 Å². The number of hydrogen-bond acceptors (Lipinski definition) is 12. The average Bonchev–Trinajstić information content (AvgIpc) is 3.78. The van der Waals surface area contributed by atoms with Crippen molar-refractivity contribution in [2.45, 2.75) is 126 Å². The van der Waals surface area contributed by atoms with Crippen LogP contribution in [0.4, 0.5) is 0 Å². The number of hydrogen-bond donors (Lipinski definition) is 17. The SMILES string of the molecule is CC(=O)N[C@H](CCCNC(=N)N)C(=O)N[C@H]1CCCNC(=O)CCC(C(N)=O)NC(=O)[C@H](Cc2c[nH]c3ccccc23)NC(=O)[C@H](CCCNC(=N)N)NC(=O)[C@@H](Cc2ccccc2)NC(=O)[C@H](CCC(N)=O)NC1=O. The van der Waals surface area contributed by atoms with Gasteiger partial charge in [0.05, 0.1) is 0 Å². The van der Waals surface area contributed by atoms with Crippen LogP contribution in [0.15, 0.2) is 60.8 Å². The van der Waals surface area contributed by atoms with Gasteiger partial charge in [-0.05, 0) is 68.6 Å². The minimum Gasteiger partial charge on any atom is -0.370 e. The molecule has 1 aliphatic heterocycles. The number of H-pyrrole nitrogens is 1. The summed E-state index contributed by atoms with van der Waals surface area (Å²) in [6.45, 7) is 1.37. The summed E-state index contributed by atoms with van der Waals surface area (Å²) in [5.41, 5.74) is 24.0. The molecule has 21 N–H and O–H groups in total. The summed E-state index contributed by atoms with van der Waals surface area (Å²) in [7, 11) is 0. The van der Waals surface area contributed by atoms with E-state index in [1.807, 2.05) is 6.07 Å². The summed E-state index contributed by atoms with van der Waals surface area (Å²) in [4.78, 5) is 139. The summed E-state index contributed by atoms with van der Waals surface area (Å²) in [5, 5.41) is 42.0. The van der Waals surface area contributed by atoms with Gasteiger partial charge in [-0.1, -0.05) is 48.5 Å². The maximum atomic E-state index is 14.6. The van der Waals surface area contributed by atoms with Gasteiger partial charge in [-0.15, -0.1) is 0 Å². The van der Waals surface area contributed by atoms with Gasteiger partial charge in [0, 0.05) is 69.3 Å². The van der Waals surface area contributed by atoms with Crippen LogP contribution in [0.2, 0.25) is 0 Å². The van der Waals surface area contributed by atoms with E-state index in [2.05, 4.69) is 58.2 Å². The van der Waals surface area contributed by atoms with E-state index in [4.69, 9.17) is 33.8 Å². The molecule has 10 amide bonds. The average molecular weight is 1060 g/mol. The molecule has 1 fully saturated rings. The Kier molecular flexibility index (Phi) is 23.9. The normalized spacial score (nSPS) is 20.9. The number of nitrogens with one attached hydrogen (secondary N) is 13. The number of carbonyl (C=O) groups is 10. The van der Waals surface area contributed by atoms with Crippen molar-refractivity contribution in [2.24, 2.45) is 22.9 Å². The fraction of sp³-hybridized carbons (Fsp3) is 0.469. The fourth-order valence-electron chi connectivity index (χ4n) is 8.27. The first kappa shape index (κ1) is 59.8. The molecule has 27 nitrogen and oxygen atoms in total. The van der Waals surface area contributed by atoms with Crippen LogP contribution in [0.1, 0.15) is 82.3 Å². The van der Waals surface area contributed by atoms with Crippen LogP contribution >= 0.6 is 0 Å². The number of aromatic nitrogens is 1. The third kappa shape index (κ3) is 20.6. The predicted molar refractivity (Wildman–Crippen MR) is 279 cm³/mol. The van der Waals surface area contributed by atoms with Gasteiger partial charge in [-0.25, -0.2) is 0 Å². The number of para-hydroxylation sites is 1. The molecule has 2 aromatic carbocycles. The maximum Gasteiger partial charge on any atom is 0.243 e. The van der Waals surface area contributed by atoms with E-state index in [0.717, 1.165) is 10.9 Å². The van der Waals surface area contributed by atoms with E-state index in [0.29, 0.717) is 11.1 Å². The topological polar surface area (TPSA) is 459 Å². The molecule has 0 saturated carbocycles. The molecule has 1 aliphatic rings. The molecule has 0 spiro atoms. The Morgan fingerprint density at radius 2 is 1.26 bits per heavy atom. The van der Waals surface area contributed by atoms with Crippen LogP contribution in [-0.4, -0.2) is 138 Å². The second-order valence-electron chi connectivity index (χ2n) is 18.3. The van der Waals surface area contributed by atoms with Gasteiger partial charge < -0.3 is 81.1 Å². The molecule has 412 valence electrons. The zero-order valence-electron chi connectivity index (χ0n) is 42.3. The van der Waals surface area contributed by atoms with E-state index >= 15 is 0 Å². The predicted octanol–water partition coefficient (Wildman–Crippen LogP) is -3.67. The first-order valence-electron chi connectivity index (χ1n) is 24.9. The Bertz CT molecular complexity index is 2560. The number of guanidine groups is 2. The first-order chi connectivity index (χ1) is 36.2. The number of aromatic amines is 1. The fourth-order valence-corrected chi connectivity index (χ4v) is 8.27. The Morgan fingerprint density at radius 1 is 0.684 bits per heavy atom. The van der Waals surface area contributed by atoms with Crippen molar-refractivity contribution in [3.63, 3.8) is 0 Å². The van der Waals surface area contributed by atoms with E-state index < -0.39 is 108 Å². The van der Waals surface area contributed by atoms with Crippen LogP contribution < -0.4 is 76.1 Å².